The Balaban J connectivity index is 1.52. The highest BCUT2D eigenvalue weighted by atomic mass is 79.9. The van der Waals surface area contributed by atoms with Gasteiger partial charge in [-0.25, -0.2) is 13.1 Å². The summed E-state index contributed by atoms with van der Waals surface area (Å²) in [6.07, 6.45) is 0. The molecule has 0 saturated heterocycles. The van der Waals surface area contributed by atoms with E-state index in [-0.39, 0.29) is 23.9 Å². The standard InChI is InChI=1S/C19H19BrN4O3S/c1-13-2-8-16(9-3-13)28(26,27)22-11-10-21-19(25)18-12-17(23-24-18)14-4-6-15(20)7-5-14/h2-9,12,22H,10-11H2,1H3,(H,21,25)(H,23,24). The molecule has 1 aromatic heterocycles. The van der Waals surface area contributed by atoms with Crippen LogP contribution in [-0.4, -0.2) is 37.6 Å². The Morgan fingerprint density at radius 2 is 1.75 bits per heavy atom. The van der Waals surface area contributed by atoms with Gasteiger partial charge >= 0.3 is 0 Å². The van der Waals surface area contributed by atoms with Crippen LogP contribution in [0.1, 0.15) is 16.1 Å². The molecular weight excluding hydrogens is 444 g/mol. The summed E-state index contributed by atoms with van der Waals surface area (Å²) in [7, 11) is -3.60. The van der Waals surface area contributed by atoms with Gasteiger partial charge in [0.15, 0.2) is 0 Å². The maximum absolute atomic E-state index is 12.2. The largest absolute Gasteiger partial charge is 0.349 e. The Kier molecular flexibility index (Phi) is 6.28. The summed E-state index contributed by atoms with van der Waals surface area (Å²) in [5, 5.41) is 9.49. The minimum atomic E-state index is -3.60. The van der Waals surface area contributed by atoms with E-state index in [1.54, 1.807) is 30.3 Å². The molecule has 3 N–H and O–H groups in total. The number of H-pyrrole nitrogens is 1. The van der Waals surface area contributed by atoms with Crippen LogP contribution in [0.5, 0.6) is 0 Å². The molecule has 0 aliphatic heterocycles. The van der Waals surface area contributed by atoms with Crippen LogP contribution in [0.15, 0.2) is 64.0 Å². The average molecular weight is 463 g/mol. The molecule has 0 unspecified atom stereocenters. The number of nitrogens with zero attached hydrogens (tertiary/aromatic N) is 1. The van der Waals surface area contributed by atoms with Gasteiger partial charge in [0.1, 0.15) is 5.69 Å². The first-order valence-corrected chi connectivity index (χ1v) is 10.8. The van der Waals surface area contributed by atoms with Crippen LogP contribution in [-0.2, 0) is 10.0 Å². The van der Waals surface area contributed by atoms with Crippen LogP contribution in [0.4, 0.5) is 0 Å². The molecule has 9 heteroatoms. The van der Waals surface area contributed by atoms with Crippen molar-refractivity contribution < 1.29 is 13.2 Å². The van der Waals surface area contributed by atoms with Gasteiger partial charge in [0, 0.05) is 23.1 Å². The first-order valence-electron chi connectivity index (χ1n) is 8.51. The number of halogens is 1. The number of carbonyl (C=O) groups excluding carboxylic acids is 1. The van der Waals surface area contributed by atoms with Crippen LogP contribution >= 0.6 is 15.9 Å². The maximum atomic E-state index is 12.2. The molecule has 1 amide bonds. The van der Waals surface area contributed by atoms with E-state index in [0.717, 1.165) is 15.6 Å². The number of rotatable bonds is 7. The predicted octanol–water partition coefficient (Wildman–Crippen LogP) is 2.86. The van der Waals surface area contributed by atoms with Crippen molar-refractivity contribution in [3.05, 3.63) is 70.3 Å². The summed E-state index contributed by atoms with van der Waals surface area (Å²) in [5.74, 6) is -0.356. The number of carbonyl (C=O) groups is 1. The summed E-state index contributed by atoms with van der Waals surface area (Å²) in [6, 6.07) is 15.8. The molecule has 0 saturated carbocycles. The fourth-order valence-electron chi connectivity index (χ4n) is 2.46. The lowest BCUT2D eigenvalue weighted by Gasteiger charge is -2.07. The summed E-state index contributed by atoms with van der Waals surface area (Å²) in [5.41, 5.74) is 2.81. The average Bonchev–Trinajstić information content (AvgIpc) is 3.16. The molecule has 7 nitrogen and oxygen atoms in total. The van der Waals surface area contributed by atoms with Crippen LogP contribution in [0.25, 0.3) is 11.3 Å². The number of hydrogen-bond donors (Lipinski definition) is 3. The SMILES string of the molecule is Cc1ccc(S(=O)(=O)NCCNC(=O)c2cc(-c3ccc(Br)cc3)n[nH]2)cc1. The summed E-state index contributed by atoms with van der Waals surface area (Å²) >= 11 is 3.37. The molecule has 0 atom stereocenters. The highest BCUT2D eigenvalue weighted by Crippen LogP contribution is 2.20. The van der Waals surface area contributed by atoms with Gasteiger partial charge in [0.05, 0.1) is 10.6 Å². The van der Waals surface area contributed by atoms with Crippen molar-refractivity contribution in [2.75, 3.05) is 13.1 Å². The fourth-order valence-corrected chi connectivity index (χ4v) is 3.76. The predicted molar refractivity (Wildman–Crippen MR) is 110 cm³/mol. The van der Waals surface area contributed by atoms with Gasteiger partial charge in [-0.15, -0.1) is 0 Å². The minimum Gasteiger partial charge on any atom is -0.349 e. The molecule has 3 rings (SSSR count). The number of aromatic nitrogens is 2. The second-order valence-corrected chi connectivity index (χ2v) is 8.82. The van der Waals surface area contributed by atoms with Crippen LogP contribution in [0.2, 0.25) is 0 Å². The van der Waals surface area contributed by atoms with Crippen molar-refractivity contribution >= 4 is 31.9 Å². The molecule has 0 spiro atoms. The van der Waals surface area contributed by atoms with Crippen LogP contribution < -0.4 is 10.0 Å². The van der Waals surface area contributed by atoms with Gasteiger partial charge in [-0.2, -0.15) is 5.10 Å². The lowest BCUT2D eigenvalue weighted by atomic mass is 10.1. The van der Waals surface area contributed by atoms with Crippen molar-refractivity contribution in [3.63, 3.8) is 0 Å². The fraction of sp³-hybridized carbons (Fsp3) is 0.158. The third-order valence-electron chi connectivity index (χ3n) is 4.00. The van der Waals surface area contributed by atoms with E-state index in [1.807, 2.05) is 31.2 Å². The van der Waals surface area contributed by atoms with E-state index in [2.05, 4.69) is 36.2 Å². The molecule has 28 heavy (non-hydrogen) atoms. The Morgan fingerprint density at radius 1 is 1.07 bits per heavy atom. The quantitative estimate of drug-likeness (QED) is 0.469. The lowest BCUT2D eigenvalue weighted by Crippen LogP contribution is -2.34. The Hall–Kier alpha value is -2.49. The summed E-state index contributed by atoms with van der Waals surface area (Å²) in [4.78, 5) is 12.4. The number of hydrogen-bond acceptors (Lipinski definition) is 4. The maximum Gasteiger partial charge on any atom is 0.269 e. The monoisotopic (exact) mass is 462 g/mol. The van der Waals surface area contributed by atoms with Gasteiger partial charge in [-0.05, 0) is 37.3 Å². The summed E-state index contributed by atoms with van der Waals surface area (Å²) in [6.45, 7) is 2.11. The molecule has 0 aliphatic rings. The summed E-state index contributed by atoms with van der Waals surface area (Å²) < 4.78 is 27.8. The molecule has 3 aromatic rings. The highest BCUT2D eigenvalue weighted by molar-refractivity contribution is 9.10. The van der Waals surface area contributed by atoms with E-state index < -0.39 is 10.0 Å². The van der Waals surface area contributed by atoms with E-state index in [9.17, 15) is 13.2 Å². The van der Waals surface area contributed by atoms with Crippen molar-refractivity contribution in [1.29, 1.82) is 0 Å². The van der Waals surface area contributed by atoms with Gasteiger partial charge in [-0.3, -0.25) is 9.89 Å². The number of aryl methyl sites for hydroxylation is 1. The molecule has 146 valence electrons. The molecular formula is C19H19BrN4O3S. The Morgan fingerprint density at radius 3 is 2.43 bits per heavy atom. The molecule has 0 radical (unpaired) electrons. The van der Waals surface area contributed by atoms with Gasteiger partial charge in [0.2, 0.25) is 10.0 Å². The zero-order valence-corrected chi connectivity index (χ0v) is 17.5. The molecule has 1 heterocycles. The number of nitrogens with one attached hydrogen (secondary N) is 3. The zero-order valence-electron chi connectivity index (χ0n) is 15.1. The van der Waals surface area contributed by atoms with Crippen molar-refractivity contribution in [3.8, 4) is 11.3 Å². The number of aromatic amines is 1. The second-order valence-electron chi connectivity index (χ2n) is 6.14. The molecule has 0 aliphatic carbocycles. The topological polar surface area (TPSA) is 104 Å². The normalized spacial score (nSPS) is 11.4. The Bertz CT molecular complexity index is 1060. The second kappa shape index (κ2) is 8.68. The molecule has 0 fully saturated rings. The molecule has 0 bridgehead atoms. The smallest absolute Gasteiger partial charge is 0.269 e. The van der Waals surface area contributed by atoms with Gasteiger partial charge in [-0.1, -0.05) is 45.8 Å². The lowest BCUT2D eigenvalue weighted by molar-refractivity contribution is 0.0949. The van der Waals surface area contributed by atoms with E-state index >= 15 is 0 Å². The highest BCUT2D eigenvalue weighted by Gasteiger charge is 2.14. The first kappa shape index (κ1) is 20.2. The number of sulfonamides is 1. The van der Waals surface area contributed by atoms with Crippen molar-refractivity contribution in [2.45, 2.75) is 11.8 Å². The van der Waals surface area contributed by atoms with Crippen LogP contribution in [0.3, 0.4) is 0 Å². The minimum absolute atomic E-state index is 0.0790. The first-order chi connectivity index (χ1) is 13.3. The van der Waals surface area contributed by atoms with Crippen LogP contribution in [0, 0.1) is 6.92 Å². The zero-order chi connectivity index (χ0) is 20.1. The number of amides is 1. The third kappa shape index (κ3) is 5.06. The van der Waals surface area contributed by atoms with Gasteiger partial charge in [0.25, 0.3) is 5.91 Å². The van der Waals surface area contributed by atoms with Crippen molar-refractivity contribution in [1.82, 2.24) is 20.2 Å². The molecule has 2 aromatic carbocycles. The van der Waals surface area contributed by atoms with E-state index in [0.29, 0.717) is 11.4 Å². The third-order valence-corrected chi connectivity index (χ3v) is 6.00. The van der Waals surface area contributed by atoms with E-state index in [4.69, 9.17) is 0 Å². The van der Waals surface area contributed by atoms with Crippen molar-refractivity contribution in [2.24, 2.45) is 0 Å². The van der Waals surface area contributed by atoms with E-state index in [1.165, 1.54) is 0 Å². The number of benzene rings is 2. The Labute approximate surface area is 171 Å². The van der Waals surface area contributed by atoms with Gasteiger partial charge < -0.3 is 5.32 Å².